The first kappa shape index (κ1) is 20.9. The third kappa shape index (κ3) is 4.12. The molecule has 0 spiro atoms. The van der Waals surface area contributed by atoms with E-state index in [4.69, 9.17) is 16.3 Å². The summed E-state index contributed by atoms with van der Waals surface area (Å²) in [4.78, 5) is 40.8. The molecule has 2 aliphatic heterocycles. The molecule has 2 aromatic carbocycles. The zero-order chi connectivity index (χ0) is 22.1. The molecule has 2 saturated heterocycles. The molecule has 2 fully saturated rings. The fourth-order valence-electron chi connectivity index (χ4n) is 3.55. The summed E-state index contributed by atoms with van der Waals surface area (Å²) in [7, 11) is 1.45. The summed E-state index contributed by atoms with van der Waals surface area (Å²) in [6, 6.07) is 10.5. The van der Waals surface area contributed by atoms with Crippen LogP contribution in [-0.4, -0.2) is 60.7 Å². The Balaban J connectivity index is 1.49. The van der Waals surface area contributed by atoms with Gasteiger partial charge in [-0.2, -0.15) is 5.43 Å². The molecular formula is C20H19ClFN5O4. The summed E-state index contributed by atoms with van der Waals surface area (Å²) in [5, 5.41) is 4.00. The lowest BCUT2D eigenvalue weighted by molar-refractivity contribution is -0.163. The Morgan fingerprint density at radius 2 is 1.87 bits per heavy atom. The maximum Gasteiger partial charge on any atom is 0.326 e. The van der Waals surface area contributed by atoms with Gasteiger partial charge in [0.15, 0.2) is 6.29 Å². The van der Waals surface area contributed by atoms with Gasteiger partial charge in [0.05, 0.1) is 12.8 Å². The van der Waals surface area contributed by atoms with Crippen molar-refractivity contribution >= 4 is 40.7 Å². The third-order valence-corrected chi connectivity index (χ3v) is 5.26. The molecule has 31 heavy (non-hydrogen) atoms. The Morgan fingerprint density at radius 1 is 1.16 bits per heavy atom. The predicted molar refractivity (Wildman–Crippen MR) is 111 cm³/mol. The van der Waals surface area contributed by atoms with Crippen molar-refractivity contribution in [2.75, 3.05) is 37.0 Å². The first-order chi connectivity index (χ1) is 14.9. The monoisotopic (exact) mass is 447 g/mol. The zero-order valence-electron chi connectivity index (χ0n) is 16.5. The number of methoxy groups -OCH3 is 1. The second-order valence-electron chi connectivity index (χ2n) is 6.96. The fraction of sp³-hybridized carbons (Fsp3) is 0.250. The second kappa shape index (κ2) is 8.40. The Morgan fingerprint density at radius 3 is 2.58 bits per heavy atom. The minimum absolute atomic E-state index is 0.319. The van der Waals surface area contributed by atoms with Crippen LogP contribution in [0.1, 0.15) is 0 Å². The van der Waals surface area contributed by atoms with Crippen molar-refractivity contribution in [3.05, 3.63) is 53.3 Å². The van der Waals surface area contributed by atoms with Crippen molar-refractivity contribution in [3.8, 4) is 5.75 Å². The van der Waals surface area contributed by atoms with Gasteiger partial charge in [0, 0.05) is 23.8 Å². The van der Waals surface area contributed by atoms with Crippen LogP contribution in [0, 0.1) is 5.82 Å². The number of hydrazine groups is 1. The quantitative estimate of drug-likeness (QED) is 0.673. The van der Waals surface area contributed by atoms with E-state index in [1.54, 1.807) is 24.3 Å². The summed E-state index contributed by atoms with van der Waals surface area (Å²) in [5.74, 6) is -2.09. The van der Waals surface area contributed by atoms with E-state index in [0.29, 0.717) is 35.2 Å². The maximum atomic E-state index is 13.3. The molecular weight excluding hydrogens is 429 g/mol. The maximum absolute atomic E-state index is 13.3. The van der Waals surface area contributed by atoms with E-state index in [1.807, 2.05) is 4.90 Å². The second-order valence-corrected chi connectivity index (χ2v) is 7.39. The Bertz CT molecular complexity index is 1030. The van der Waals surface area contributed by atoms with Crippen LogP contribution in [-0.2, 0) is 14.4 Å². The van der Waals surface area contributed by atoms with Crippen LogP contribution in [0.5, 0.6) is 5.75 Å². The van der Waals surface area contributed by atoms with Crippen LogP contribution < -0.4 is 20.4 Å². The number of halogens is 2. The summed E-state index contributed by atoms with van der Waals surface area (Å²) in [6.07, 6.45) is -0.677. The van der Waals surface area contributed by atoms with Crippen molar-refractivity contribution in [1.82, 2.24) is 15.3 Å². The number of carbonyl (C=O) groups is 3. The van der Waals surface area contributed by atoms with Crippen molar-refractivity contribution in [2.24, 2.45) is 0 Å². The van der Waals surface area contributed by atoms with Crippen LogP contribution in [0.25, 0.3) is 0 Å². The van der Waals surface area contributed by atoms with Crippen LogP contribution in [0.2, 0.25) is 5.02 Å². The van der Waals surface area contributed by atoms with E-state index in [9.17, 15) is 18.8 Å². The highest BCUT2D eigenvalue weighted by molar-refractivity contribution is 6.35. The highest BCUT2D eigenvalue weighted by Crippen LogP contribution is 2.28. The highest BCUT2D eigenvalue weighted by atomic mass is 35.5. The highest BCUT2D eigenvalue weighted by Gasteiger charge is 2.45. The molecule has 0 saturated carbocycles. The number of anilines is 2. The first-order valence-corrected chi connectivity index (χ1v) is 9.79. The number of nitrogens with zero attached hydrogens (tertiary/aromatic N) is 3. The van der Waals surface area contributed by atoms with Crippen molar-refractivity contribution in [2.45, 2.75) is 6.29 Å². The molecule has 0 radical (unpaired) electrons. The molecule has 11 heteroatoms. The normalized spacial score (nSPS) is 18.3. The number of hydrogen-bond acceptors (Lipinski definition) is 6. The number of amides is 3. The first-order valence-electron chi connectivity index (χ1n) is 9.41. The van der Waals surface area contributed by atoms with E-state index in [1.165, 1.54) is 30.2 Å². The average molecular weight is 448 g/mol. The molecule has 4 rings (SSSR count). The molecule has 1 unspecified atom stereocenters. The molecule has 2 aliphatic rings. The number of rotatable bonds is 5. The predicted octanol–water partition coefficient (Wildman–Crippen LogP) is 1.41. The molecule has 3 amide bonds. The largest absolute Gasteiger partial charge is 0.495 e. The van der Waals surface area contributed by atoms with Crippen molar-refractivity contribution in [3.63, 3.8) is 0 Å². The van der Waals surface area contributed by atoms with Crippen molar-refractivity contribution in [1.29, 1.82) is 0 Å². The molecule has 0 aliphatic carbocycles. The molecule has 2 aromatic rings. The minimum Gasteiger partial charge on any atom is -0.495 e. The lowest BCUT2D eigenvalue weighted by Gasteiger charge is -2.40. The summed E-state index contributed by atoms with van der Waals surface area (Å²) in [6.45, 7) is 0.350. The SMILES string of the molecule is COc1ccc(Cl)cc1NC(=O)CN1NC2N(CCN2c2ccc(F)cc2)C(=O)C1=O. The van der Waals surface area contributed by atoms with Gasteiger partial charge in [-0.3, -0.25) is 24.3 Å². The molecule has 0 bridgehead atoms. The Kier molecular flexibility index (Phi) is 5.66. The van der Waals surface area contributed by atoms with Gasteiger partial charge in [-0.1, -0.05) is 11.6 Å². The third-order valence-electron chi connectivity index (χ3n) is 5.03. The van der Waals surface area contributed by atoms with Crippen LogP contribution >= 0.6 is 11.6 Å². The average Bonchev–Trinajstić information content (AvgIpc) is 3.16. The number of benzene rings is 2. The van der Waals surface area contributed by atoms with Gasteiger partial charge >= 0.3 is 11.8 Å². The summed E-state index contributed by atoms with van der Waals surface area (Å²) >= 11 is 5.97. The van der Waals surface area contributed by atoms with Crippen molar-refractivity contribution < 1.29 is 23.5 Å². The van der Waals surface area contributed by atoms with E-state index in [-0.39, 0.29) is 5.82 Å². The lowest BCUT2D eigenvalue weighted by Crippen LogP contribution is -2.68. The van der Waals surface area contributed by atoms with Gasteiger partial charge in [0.1, 0.15) is 18.1 Å². The van der Waals surface area contributed by atoms with E-state index >= 15 is 0 Å². The lowest BCUT2D eigenvalue weighted by atomic mass is 10.3. The van der Waals surface area contributed by atoms with E-state index in [0.717, 1.165) is 5.01 Å². The summed E-state index contributed by atoms with van der Waals surface area (Å²) in [5.41, 5.74) is 3.93. The van der Waals surface area contributed by atoms with Gasteiger partial charge in [0.25, 0.3) is 0 Å². The van der Waals surface area contributed by atoms with Gasteiger partial charge in [-0.15, -0.1) is 0 Å². The summed E-state index contributed by atoms with van der Waals surface area (Å²) < 4.78 is 18.5. The smallest absolute Gasteiger partial charge is 0.326 e. The van der Waals surface area contributed by atoms with Gasteiger partial charge < -0.3 is 15.0 Å². The molecule has 9 nitrogen and oxygen atoms in total. The fourth-order valence-corrected chi connectivity index (χ4v) is 3.72. The minimum atomic E-state index is -0.842. The standard InChI is InChI=1S/C20H19ClFN5O4/c1-31-16-7-2-12(21)10-15(16)23-17(28)11-27-19(30)18(29)26-9-8-25(20(26)24-27)14-5-3-13(22)4-6-14/h2-7,10,20,24H,8-9,11H2,1H3,(H,23,28). The number of nitrogens with one attached hydrogen (secondary N) is 2. The van der Waals surface area contributed by atoms with E-state index in [2.05, 4.69) is 10.7 Å². The number of carbonyl (C=O) groups excluding carboxylic acids is 3. The van der Waals surface area contributed by atoms with Crippen LogP contribution in [0.4, 0.5) is 15.8 Å². The molecule has 1 atom stereocenters. The Hall–Kier alpha value is -3.37. The topological polar surface area (TPSA) is 94.2 Å². The molecule has 2 heterocycles. The van der Waals surface area contributed by atoms with Gasteiger partial charge in [-0.25, -0.2) is 4.39 Å². The van der Waals surface area contributed by atoms with Crippen LogP contribution in [0.15, 0.2) is 42.5 Å². The molecule has 0 aromatic heterocycles. The van der Waals surface area contributed by atoms with Gasteiger partial charge in [0.2, 0.25) is 5.91 Å². The molecule has 162 valence electrons. The van der Waals surface area contributed by atoms with Crippen LogP contribution in [0.3, 0.4) is 0 Å². The number of hydrogen-bond donors (Lipinski definition) is 2. The zero-order valence-corrected chi connectivity index (χ0v) is 17.2. The molecule has 2 N–H and O–H groups in total. The van der Waals surface area contributed by atoms with E-state index < -0.39 is 30.6 Å². The Labute approximate surface area is 182 Å². The number of ether oxygens (including phenoxy) is 1. The number of fused-ring (bicyclic) bond motifs is 1. The van der Waals surface area contributed by atoms with Gasteiger partial charge in [-0.05, 0) is 42.5 Å².